The molecule has 64 valence electrons. The summed E-state index contributed by atoms with van der Waals surface area (Å²) in [6.45, 7) is 4.20. The van der Waals surface area contributed by atoms with E-state index in [2.05, 4.69) is 6.58 Å². The van der Waals surface area contributed by atoms with Gasteiger partial charge in [0.2, 0.25) is 5.91 Å². The van der Waals surface area contributed by atoms with E-state index in [1.54, 1.807) is 6.08 Å². The van der Waals surface area contributed by atoms with Crippen molar-refractivity contribution in [3.63, 3.8) is 0 Å². The molecule has 4 N–H and O–H groups in total. The number of primary amides is 1. The van der Waals surface area contributed by atoms with Gasteiger partial charge >= 0.3 is 0 Å². The molecule has 0 saturated carbocycles. The van der Waals surface area contributed by atoms with Gasteiger partial charge in [0.1, 0.15) is 0 Å². The molecule has 0 aliphatic rings. The van der Waals surface area contributed by atoms with Crippen molar-refractivity contribution in [3.05, 3.63) is 12.7 Å². The van der Waals surface area contributed by atoms with E-state index in [0.717, 1.165) is 19.3 Å². The molecule has 0 heterocycles. The van der Waals surface area contributed by atoms with Crippen LogP contribution in [0.1, 0.15) is 19.3 Å². The Labute approximate surface area is 67.4 Å². The van der Waals surface area contributed by atoms with Crippen LogP contribution in [0.4, 0.5) is 0 Å². The lowest BCUT2D eigenvalue weighted by Gasteiger charge is -2.05. The summed E-state index contributed by atoms with van der Waals surface area (Å²) in [7, 11) is 0. The molecule has 0 aliphatic carbocycles. The van der Waals surface area contributed by atoms with Crippen molar-refractivity contribution in [3.8, 4) is 0 Å². The number of unbranched alkanes of at least 4 members (excludes halogenated alkanes) is 1. The zero-order valence-corrected chi connectivity index (χ0v) is 6.75. The number of carbonyl (C=O) groups excluding carboxylic acids is 1. The standard InChI is InChI=1S/C8H16N2O/c1-2-7(8(10)11)5-3-4-6-9/h2,7H,1,3-6,9H2,(H2,10,11)/t7-/m0/s1. The minimum Gasteiger partial charge on any atom is -0.369 e. The first-order valence-electron chi connectivity index (χ1n) is 3.84. The van der Waals surface area contributed by atoms with Gasteiger partial charge < -0.3 is 11.5 Å². The largest absolute Gasteiger partial charge is 0.369 e. The summed E-state index contributed by atoms with van der Waals surface area (Å²) in [6.07, 6.45) is 4.25. The second kappa shape index (κ2) is 5.92. The van der Waals surface area contributed by atoms with Gasteiger partial charge in [0, 0.05) is 0 Å². The predicted octanol–water partition coefficient (Wildman–Crippen LogP) is 0.403. The van der Waals surface area contributed by atoms with E-state index in [1.165, 1.54) is 0 Å². The van der Waals surface area contributed by atoms with Crippen molar-refractivity contribution in [1.29, 1.82) is 0 Å². The molecule has 0 radical (unpaired) electrons. The quantitative estimate of drug-likeness (QED) is 0.432. The van der Waals surface area contributed by atoms with Crippen molar-refractivity contribution in [1.82, 2.24) is 0 Å². The van der Waals surface area contributed by atoms with Gasteiger partial charge in [0.05, 0.1) is 5.92 Å². The Kier molecular flexibility index (Phi) is 5.47. The van der Waals surface area contributed by atoms with E-state index in [4.69, 9.17) is 11.5 Å². The van der Waals surface area contributed by atoms with E-state index in [-0.39, 0.29) is 11.8 Å². The van der Waals surface area contributed by atoms with Gasteiger partial charge in [0.15, 0.2) is 0 Å². The van der Waals surface area contributed by atoms with Crippen LogP contribution in [-0.2, 0) is 4.79 Å². The molecule has 0 aromatic rings. The molecule has 0 bridgehead atoms. The summed E-state index contributed by atoms with van der Waals surface area (Å²) in [5, 5.41) is 0. The van der Waals surface area contributed by atoms with Gasteiger partial charge in [-0.25, -0.2) is 0 Å². The zero-order valence-electron chi connectivity index (χ0n) is 6.75. The van der Waals surface area contributed by atoms with Crippen molar-refractivity contribution in [2.75, 3.05) is 6.54 Å². The van der Waals surface area contributed by atoms with E-state index in [1.807, 2.05) is 0 Å². The zero-order chi connectivity index (χ0) is 8.69. The molecule has 11 heavy (non-hydrogen) atoms. The fourth-order valence-electron chi connectivity index (χ4n) is 0.885. The van der Waals surface area contributed by atoms with Crippen LogP contribution in [0.2, 0.25) is 0 Å². The van der Waals surface area contributed by atoms with Crippen molar-refractivity contribution in [2.45, 2.75) is 19.3 Å². The Balaban J connectivity index is 3.52. The van der Waals surface area contributed by atoms with Crippen molar-refractivity contribution < 1.29 is 4.79 Å². The third-order valence-electron chi connectivity index (χ3n) is 1.62. The maximum absolute atomic E-state index is 10.6. The van der Waals surface area contributed by atoms with Crippen LogP contribution >= 0.6 is 0 Å². The Morgan fingerprint density at radius 2 is 2.18 bits per heavy atom. The topological polar surface area (TPSA) is 69.1 Å². The highest BCUT2D eigenvalue weighted by molar-refractivity contribution is 5.78. The van der Waals surface area contributed by atoms with E-state index in [0.29, 0.717) is 6.54 Å². The average Bonchev–Trinajstić information content (AvgIpc) is 1.97. The summed E-state index contributed by atoms with van der Waals surface area (Å²) < 4.78 is 0. The number of hydrogen-bond donors (Lipinski definition) is 2. The smallest absolute Gasteiger partial charge is 0.224 e. The van der Waals surface area contributed by atoms with Crippen LogP contribution in [0.25, 0.3) is 0 Å². The molecule has 0 spiro atoms. The van der Waals surface area contributed by atoms with Crippen molar-refractivity contribution in [2.24, 2.45) is 17.4 Å². The van der Waals surface area contributed by atoms with Crippen LogP contribution in [0.3, 0.4) is 0 Å². The molecule has 0 fully saturated rings. The summed E-state index contributed by atoms with van der Waals surface area (Å²) in [6, 6.07) is 0. The first kappa shape index (κ1) is 10.2. The van der Waals surface area contributed by atoms with Gasteiger partial charge in [-0.1, -0.05) is 12.5 Å². The Bertz CT molecular complexity index is 134. The molecule has 0 saturated heterocycles. The maximum atomic E-state index is 10.6. The fourth-order valence-corrected chi connectivity index (χ4v) is 0.885. The normalized spacial score (nSPS) is 12.5. The molecule has 1 atom stereocenters. The van der Waals surface area contributed by atoms with Crippen molar-refractivity contribution >= 4 is 5.91 Å². The molecular formula is C8H16N2O. The molecule has 0 aromatic heterocycles. The highest BCUT2D eigenvalue weighted by atomic mass is 16.1. The van der Waals surface area contributed by atoms with Gasteiger partial charge in [-0.05, 0) is 19.4 Å². The number of amides is 1. The van der Waals surface area contributed by atoms with E-state index in [9.17, 15) is 4.79 Å². The number of nitrogens with two attached hydrogens (primary N) is 2. The average molecular weight is 156 g/mol. The molecule has 3 nitrogen and oxygen atoms in total. The summed E-state index contributed by atoms with van der Waals surface area (Å²) in [5.74, 6) is -0.474. The molecule has 0 rings (SSSR count). The van der Waals surface area contributed by atoms with Gasteiger partial charge in [-0.2, -0.15) is 0 Å². The highest BCUT2D eigenvalue weighted by Crippen LogP contribution is 2.07. The molecular weight excluding hydrogens is 140 g/mol. The van der Waals surface area contributed by atoms with Crippen LogP contribution in [0, 0.1) is 5.92 Å². The Morgan fingerprint density at radius 1 is 1.55 bits per heavy atom. The maximum Gasteiger partial charge on any atom is 0.224 e. The molecule has 3 heteroatoms. The highest BCUT2D eigenvalue weighted by Gasteiger charge is 2.08. The second-order valence-corrected chi connectivity index (χ2v) is 2.53. The third-order valence-corrected chi connectivity index (χ3v) is 1.62. The third kappa shape index (κ3) is 4.56. The lowest BCUT2D eigenvalue weighted by atomic mass is 10.0. The monoisotopic (exact) mass is 156 g/mol. The second-order valence-electron chi connectivity index (χ2n) is 2.53. The predicted molar refractivity (Wildman–Crippen MR) is 45.8 cm³/mol. The van der Waals surface area contributed by atoms with Gasteiger partial charge in [-0.15, -0.1) is 6.58 Å². The number of carbonyl (C=O) groups is 1. The first-order valence-corrected chi connectivity index (χ1v) is 3.84. The SMILES string of the molecule is C=C[C@@H](CCCCN)C(N)=O. The molecule has 0 unspecified atom stereocenters. The molecule has 1 amide bonds. The summed E-state index contributed by atoms with van der Waals surface area (Å²) in [5.41, 5.74) is 10.4. The molecule has 0 aromatic carbocycles. The Hall–Kier alpha value is -0.830. The van der Waals surface area contributed by atoms with E-state index < -0.39 is 0 Å². The van der Waals surface area contributed by atoms with Gasteiger partial charge in [-0.3, -0.25) is 4.79 Å². The van der Waals surface area contributed by atoms with Crippen LogP contribution < -0.4 is 11.5 Å². The number of hydrogen-bond acceptors (Lipinski definition) is 2. The Morgan fingerprint density at radius 3 is 2.55 bits per heavy atom. The lowest BCUT2D eigenvalue weighted by molar-refractivity contribution is -0.120. The van der Waals surface area contributed by atoms with Crippen LogP contribution in [0.5, 0.6) is 0 Å². The first-order chi connectivity index (χ1) is 5.22. The minimum atomic E-state index is -0.294. The van der Waals surface area contributed by atoms with Crippen LogP contribution in [0.15, 0.2) is 12.7 Å². The van der Waals surface area contributed by atoms with E-state index >= 15 is 0 Å². The summed E-state index contributed by atoms with van der Waals surface area (Å²) >= 11 is 0. The molecule has 0 aliphatic heterocycles. The minimum absolute atomic E-state index is 0.179. The summed E-state index contributed by atoms with van der Waals surface area (Å²) in [4.78, 5) is 10.6. The van der Waals surface area contributed by atoms with Crippen LogP contribution in [-0.4, -0.2) is 12.5 Å². The van der Waals surface area contributed by atoms with Gasteiger partial charge in [0.25, 0.3) is 0 Å². The number of rotatable bonds is 6. The lowest BCUT2D eigenvalue weighted by Crippen LogP contribution is -2.21. The fraction of sp³-hybridized carbons (Fsp3) is 0.625.